The van der Waals surface area contributed by atoms with Crippen LogP contribution in [0.4, 0.5) is 0 Å². The first-order valence-corrected chi connectivity index (χ1v) is 4.37. The smallest absolute Gasteiger partial charge is 0.125 e. The van der Waals surface area contributed by atoms with Crippen molar-refractivity contribution in [2.45, 2.75) is 20.3 Å². The highest BCUT2D eigenvalue weighted by Gasteiger charge is 2.14. The molecule has 0 heterocycles. The molecule has 1 heteroatoms. The maximum atomic E-state index is 9.71. The van der Waals surface area contributed by atoms with Crippen LogP contribution in [0.25, 0.3) is 0 Å². The Bertz CT molecular complexity index is 218. The van der Waals surface area contributed by atoms with Crippen molar-refractivity contribution in [3.63, 3.8) is 0 Å². The van der Waals surface area contributed by atoms with E-state index in [0.717, 1.165) is 12.0 Å². The van der Waals surface area contributed by atoms with Crippen molar-refractivity contribution in [1.29, 1.82) is 0 Å². The number of hydrogen-bond acceptors (Lipinski definition) is 1. The van der Waals surface area contributed by atoms with E-state index in [4.69, 9.17) is 0 Å². The summed E-state index contributed by atoms with van der Waals surface area (Å²) in [7, 11) is 0. The minimum atomic E-state index is 0.257. The largest absolute Gasteiger partial charge is 0.381 e. The molecule has 1 atom stereocenters. The molecule has 0 saturated heterocycles. The Morgan fingerprint density at radius 2 is 1.92 bits per heavy atom. The van der Waals surface area contributed by atoms with E-state index in [0.29, 0.717) is 6.10 Å². The molecule has 0 bridgehead atoms. The fourth-order valence-corrected chi connectivity index (χ4v) is 1.09. The zero-order chi connectivity index (χ0) is 8.97. The minimum Gasteiger partial charge on any atom is -0.381 e. The van der Waals surface area contributed by atoms with Crippen LogP contribution >= 0.6 is 0 Å². The van der Waals surface area contributed by atoms with E-state index in [2.05, 4.69) is 6.92 Å². The fraction of sp³-hybridized carbons (Fsp3) is 0.364. The van der Waals surface area contributed by atoms with E-state index in [9.17, 15) is 5.11 Å². The third-order valence-corrected chi connectivity index (χ3v) is 2.15. The minimum absolute atomic E-state index is 0.257. The lowest BCUT2D eigenvalue weighted by molar-refractivity contribution is 0.260. The van der Waals surface area contributed by atoms with Crippen molar-refractivity contribution < 1.29 is 5.11 Å². The van der Waals surface area contributed by atoms with Gasteiger partial charge < -0.3 is 5.11 Å². The van der Waals surface area contributed by atoms with E-state index < -0.39 is 0 Å². The van der Waals surface area contributed by atoms with Gasteiger partial charge in [0.1, 0.15) is 6.10 Å². The monoisotopic (exact) mass is 163 g/mol. The summed E-state index contributed by atoms with van der Waals surface area (Å²) in [4.78, 5) is 0. The molecule has 0 fully saturated rings. The third-order valence-electron chi connectivity index (χ3n) is 2.15. The summed E-state index contributed by atoms with van der Waals surface area (Å²) < 4.78 is 0. The van der Waals surface area contributed by atoms with Crippen LogP contribution in [0.3, 0.4) is 0 Å². The first-order valence-electron chi connectivity index (χ1n) is 4.37. The average Bonchev–Trinajstić information content (AvgIpc) is 2.17. The van der Waals surface area contributed by atoms with Crippen LogP contribution in [-0.4, -0.2) is 5.11 Å². The Hall–Kier alpha value is -0.820. The summed E-state index contributed by atoms with van der Waals surface area (Å²) >= 11 is 0. The van der Waals surface area contributed by atoms with Crippen molar-refractivity contribution in [3.8, 4) is 0 Å². The zero-order valence-electron chi connectivity index (χ0n) is 7.62. The molecule has 1 unspecified atom stereocenters. The Kier molecular flexibility index (Phi) is 3.30. The molecule has 1 N–H and O–H groups in total. The highest BCUT2D eigenvalue weighted by Crippen LogP contribution is 2.22. The molecule has 1 rings (SSSR count). The summed E-state index contributed by atoms with van der Waals surface area (Å²) in [6, 6.07) is 9.69. The van der Waals surface area contributed by atoms with Crippen LogP contribution in [0.5, 0.6) is 0 Å². The summed E-state index contributed by atoms with van der Waals surface area (Å²) in [5.74, 6) is 0.257. The second kappa shape index (κ2) is 4.27. The highest BCUT2D eigenvalue weighted by atomic mass is 16.3. The van der Waals surface area contributed by atoms with Gasteiger partial charge in [-0.2, -0.15) is 0 Å². The summed E-state index contributed by atoms with van der Waals surface area (Å²) in [6.07, 6.45) is 1.47. The number of hydrogen-bond donors (Lipinski definition) is 1. The summed E-state index contributed by atoms with van der Waals surface area (Å²) in [6.45, 7) is 4.10. The van der Waals surface area contributed by atoms with Crippen molar-refractivity contribution in [2.75, 3.05) is 0 Å². The molecular formula is C11H15O. The Balaban J connectivity index is 2.71. The quantitative estimate of drug-likeness (QED) is 0.726. The van der Waals surface area contributed by atoms with Gasteiger partial charge in [0.25, 0.3) is 0 Å². The predicted molar refractivity (Wildman–Crippen MR) is 50.2 cm³/mol. The van der Waals surface area contributed by atoms with E-state index in [1.165, 1.54) is 0 Å². The maximum Gasteiger partial charge on any atom is 0.125 e. The second-order valence-electron chi connectivity index (χ2n) is 3.06. The average molecular weight is 163 g/mol. The van der Waals surface area contributed by atoms with Gasteiger partial charge in [-0.3, -0.25) is 0 Å². The van der Waals surface area contributed by atoms with E-state index in [1.807, 2.05) is 37.3 Å². The molecular weight excluding hydrogens is 148 g/mol. The molecule has 0 aliphatic rings. The van der Waals surface area contributed by atoms with Crippen LogP contribution in [-0.2, 0) is 0 Å². The zero-order valence-corrected chi connectivity index (χ0v) is 7.62. The van der Waals surface area contributed by atoms with Crippen molar-refractivity contribution in [2.24, 2.45) is 5.92 Å². The van der Waals surface area contributed by atoms with Gasteiger partial charge in [0.05, 0.1) is 0 Å². The summed E-state index contributed by atoms with van der Waals surface area (Å²) in [5.41, 5.74) is 0.937. The lowest BCUT2D eigenvalue weighted by atomic mass is 9.95. The number of aliphatic hydroxyl groups is 1. The van der Waals surface area contributed by atoms with Crippen LogP contribution in [0.15, 0.2) is 30.3 Å². The fourth-order valence-electron chi connectivity index (χ4n) is 1.09. The Labute approximate surface area is 74.1 Å². The lowest BCUT2D eigenvalue weighted by Gasteiger charge is -2.15. The maximum absolute atomic E-state index is 9.71. The first kappa shape index (κ1) is 9.27. The SMILES string of the molecule is CCC(C)[C](O)c1ccccc1. The predicted octanol–water partition coefficient (Wildman–Crippen LogP) is 2.99. The molecule has 1 radical (unpaired) electrons. The van der Waals surface area contributed by atoms with E-state index in [-0.39, 0.29) is 5.92 Å². The van der Waals surface area contributed by atoms with Gasteiger partial charge in [0.15, 0.2) is 0 Å². The summed E-state index contributed by atoms with van der Waals surface area (Å²) in [5, 5.41) is 9.71. The van der Waals surface area contributed by atoms with Crippen molar-refractivity contribution in [3.05, 3.63) is 42.0 Å². The van der Waals surface area contributed by atoms with Crippen LogP contribution in [0.1, 0.15) is 25.8 Å². The standard InChI is InChI=1S/C11H15O/c1-3-9(2)11(12)10-7-5-4-6-8-10/h4-9,12H,3H2,1-2H3. The molecule has 1 aromatic carbocycles. The van der Waals surface area contributed by atoms with Gasteiger partial charge in [-0.05, 0) is 11.5 Å². The molecule has 0 saturated carbocycles. The van der Waals surface area contributed by atoms with Gasteiger partial charge in [-0.15, -0.1) is 0 Å². The molecule has 0 aliphatic carbocycles. The molecule has 0 amide bonds. The second-order valence-corrected chi connectivity index (χ2v) is 3.06. The van der Waals surface area contributed by atoms with Gasteiger partial charge >= 0.3 is 0 Å². The van der Waals surface area contributed by atoms with Crippen LogP contribution in [0, 0.1) is 12.0 Å². The van der Waals surface area contributed by atoms with E-state index in [1.54, 1.807) is 0 Å². The van der Waals surface area contributed by atoms with Gasteiger partial charge in [-0.1, -0.05) is 50.6 Å². The van der Waals surface area contributed by atoms with Crippen LogP contribution < -0.4 is 0 Å². The molecule has 0 aliphatic heterocycles. The molecule has 0 spiro atoms. The lowest BCUT2D eigenvalue weighted by Crippen LogP contribution is -2.08. The number of benzene rings is 1. The topological polar surface area (TPSA) is 20.2 Å². The van der Waals surface area contributed by atoms with Gasteiger partial charge in [-0.25, -0.2) is 0 Å². The number of aliphatic hydroxyl groups excluding tert-OH is 1. The van der Waals surface area contributed by atoms with Gasteiger partial charge in [0, 0.05) is 0 Å². The Morgan fingerprint density at radius 1 is 1.33 bits per heavy atom. The van der Waals surface area contributed by atoms with Crippen molar-refractivity contribution >= 4 is 0 Å². The molecule has 0 aromatic heterocycles. The first-order chi connectivity index (χ1) is 5.75. The Morgan fingerprint density at radius 3 is 2.42 bits per heavy atom. The normalized spacial score (nSPS) is 13.3. The van der Waals surface area contributed by atoms with Crippen molar-refractivity contribution in [1.82, 2.24) is 0 Å². The van der Waals surface area contributed by atoms with E-state index >= 15 is 0 Å². The molecule has 12 heavy (non-hydrogen) atoms. The number of rotatable bonds is 3. The highest BCUT2D eigenvalue weighted by molar-refractivity contribution is 5.26. The van der Waals surface area contributed by atoms with Crippen LogP contribution in [0.2, 0.25) is 0 Å². The third kappa shape index (κ3) is 2.08. The molecule has 1 nitrogen and oxygen atoms in total. The van der Waals surface area contributed by atoms with Gasteiger partial charge in [0.2, 0.25) is 0 Å². The molecule has 65 valence electrons. The molecule has 1 aromatic rings.